The van der Waals surface area contributed by atoms with Gasteiger partial charge in [-0.1, -0.05) is 55.0 Å². The molecule has 2 aliphatic carbocycles. The summed E-state index contributed by atoms with van der Waals surface area (Å²) in [6, 6.07) is 17.0. The van der Waals surface area contributed by atoms with Crippen LogP contribution in [-0.2, 0) is 29.4 Å². The second kappa shape index (κ2) is 7.74. The van der Waals surface area contributed by atoms with Gasteiger partial charge in [0.25, 0.3) is 0 Å². The summed E-state index contributed by atoms with van der Waals surface area (Å²) in [5.41, 5.74) is 11.4. The summed E-state index contributed by atoms with van der Waals surface area (Å²) in [7, 11) is -3.19. The van der Waals surface area contributed by atoms with Crippen molar-refractivity contribution in [2.24, 2.45) is 5.73 Å². The first kappa shape index (κ1) is 18.7. The van der Waals surface area contributed by atoms with Crippen molar-refractivity contribution in [1.29, 1.82) is 0 Å². The van der Waals surface area contributed by atoms with Gasteiger partial charge in [0.05, 0.1) is 5.25 Å². The molecule has 144 valence electrons. The lowest BCUT2D eigenvalue weighted by atomic mass is 9.76. The minimum absolute atomic E-state index is 0.139. The van der Waals surface area contributed by atoms with E-state index in [1.54, 1.807) is 0 Å². The third-order valence-corrected chi connectivity index (χ3v) is 8.04. The zero-order valence-electron chi connectivity index (χ0n) is 15.6. The minimum Gasteiger partial charge on any atom is -0.327 e. The lowest BCUT2D eigenvalue weighted by Gasteiger charge is -2.32. The molecule has 4 nitrogen and oxygen atoms in total. The minimum atomic E-state index is -3.19. The van der Waals surface area contributed by atoms with Gasteiger partial charge in [-0.25, -0.2) is 13.1 Å². The van der Waals surface area contributed by atoms with Gasteiger partial charge in [0.1, 0.15) is 0 Å². The predicted molar refractivity (Wildman–Crippen MR) is 109 cm³/mol. The van der Waals surface area contributed by atoms with Gasteiger partial charge in [-0.3, -0.25) is 0 Å². The summed E-state index contributed by atoms with van der Waals surface area (Å²) >= 11 is 0. The van der Waals surface area contributed by atoms with Crippen LogP contribution in [0.15, 0.2) is 48.5 Å². The van der Waals surface area contributed by atoms with E-state index in [1.165, 1.54) is 16.7 Å². The van der Waals surface area contributed by atoms with Crippen LogP contribution in [0.2, 0.25) is 0 Å². The van der Waals surface area contributed by atoms with Crippen LogP contribution in [0, 0.1) is 0 Å². The highest BCUT2D eigenvalue weighted by Crippen LogP contribution is 2.34. The smallest absolute Gasteiger partial charge is 0.214 e. The zero-order valence-corrected chi connectivity index (χ0v) is 16.4. The van der Waals surface area contributed by atoms with Crippen molar-refractivity contribution in [1.82, 2.24) is 4.72 Å². The number of nitrogens with two attached hydrogens (primary N) is 1. The van der Waals surface area contributed by atoms with Crippen molar-refractivity contribution in [3.63, 3.8) is 0 Å². The molecule has 5 heteroatoms. The first-order valence-electron chi connectivity index (χ1n) is 9.92. The Morgan fingerprint density at radius 1 is 1.00 bits per heavy atom. The molecule has 0 aliphatic heterocycles. The number of aryl methyl sites for hydroxylation is 1. The molecule has 1 fully saturated rings. The molecule has 1 saturated carbocycles. The lowest BCUT2D eigenvalue weighted by molar-refractivity contribution is 0.465. The largest absolute Gasteiger partial charge is 0.327 e. The predicted octanol–water partition coefficient (Wildman–Crippen LogP) is 3.26. The first-order chi connectivity index (χ1) is 13.0. The number of nitrogens with one attached hydrogen (secondary N) is 1. The van der Waals surface area contributed by atoms with Crippen LogP contribution in [0.3, 0.4) is 0 Å². The Morgan fingerprint density at radius 3 is 2.48 bits per heavy atom. The summed E-state index contributed by atoms with van der Waals surface area (Å²) in [6.45, 7) is 0.361. The fourth-order valence-electron chi connectivity index (χ4n) is 4.19. The molecule has 2 atom stereocenters. The third kappa shape index (κ3) is 4.10. The first-order valence-corrected chi connectivity index (χ1v) is 11.5. The highest BCUT2D eigenvalue weighted by molar-refractivity contribution is 7.90. The summed E-state index contributed by atoms with van der Waals surface area (Å²) in [6.07, 6.45) is 5.50. The summed E-state index contributed by atoms with van der Waals surface area (Å²) in [5.74, 6) is 0.277. The Hall–Kier alpha value is -1.69. The summed E-state index contributed by atoms with van der Waals surface area (Å²) in [4.78, 5) is 0. The van der Waals surface area contributed by atoms with Gasteiger partial charge in [-0.2, -0.15) is 0 Å². The number of benzene rings is 2. The number of sulfonamides is 1. The van der Waals surface area contributed by atoms with Crippen molar-refractivity contribution < 1.29 is 8.42 Å². The van der Waals surface area contributed by atoms with Crippen molar-refractivity contribution in [2.75, 3.05) is 0 Å². The van der Waals surface area contributed by atoms with E-state index in [0.29, 0.717) is 6.54 Å². The molecule has 4 rings (SSSR count). The molecule has 0 aromatic heterocycles. The third-order valence-electron chi connectivity index (χ3n) is 6.14. The van der Waals surface area contributed by atoms with Crippen LogP contribution in [0.1, 0.15) is 53.9 Å². The van der Waals surface area contributed by atoms with Gasteiger partial charge in [0.2, 0.25) is 10.0 Å². The SMILES string of the molecule is N[C@@H]1CCc2ccc(CNS(=O)(=O)C3CCC3)cc2[C@@H]1Cc1ccccc1. The molecule has 0 saturated heterocycles. The summed E-state index contributed by atoms with van der Waals surface area (Å²) in [5, 5.41) is -0.200. The van der Waals surface area contributed by atoms with E-state index < -0.39 is 10.0 Å². The Bertz CT molecular complexity index is 892. The maximum atomic E-state index is 12.3. The Labute approximate surface area is 162 Å². The maximum Gasteiger partial charge on any atom is 0.214 e. The van der Waals surface area contributed by atoms with Crippen LogP contribution in [0.25, 0.3) is 0 Å². The van der Waals surface area contributed by atoms with Crippen LogP contribution < -0.4 is 10.5 Å². The standard InChI is InChI=1S/C22H28N2O2S/c23-22-12-11-18-10-9-17(15-24-27(25,26)19-7-4-8-19)14-20(18)21(22)13-16-5-2-1-3-6-16/h1-3,5-6,9-10,14,19,21-22,24H,4,7-8,11-13,15,23H2/t21-,22+/m0/s1. The van der Waals surface area contributed by atoms with E-state index in [9.17, 15) is 8.42 Å². The molecular weight excluding hydrogens is 356 g/mol. The second-order valence-electron chi connectivity index (χ2n) is 7.95. The van der Waals surface area contributed by atoms with E-state index in [-0.39, 0.29) is 17.2 Å². The van der Waals surface area contributed by atoms with Gasteiger partial charge in [0, 0.05) is 18.5 Å². The van der Waals surface area contributed by atoms with Gasteiger partial charge in [-0.15, -0.1) is 0 Å². The molecule has 2 aromatic carbocycles. The highest BCUT2D eigenvalue weighted by atomic mass is 32.2. The van der Waals surface area contributed by atoms with E-state index in [2.05, 4.69) is 47.2 Å². The normalized spacial score (nSPS) is 22.9. The van der Waals surface area contributed by atoms with E-state index in [1.807, 2.05) is 6.07 Å². The van der Waals surface area contributed by atoms with Gasteiger partial charge < -0.3 is 5.73 Å². The van der Waals surface area contributed by atoms with Gasteiger partial charge in [0.15, 0.2) is 0 Å². The van der Waals surface area contributed by atoms with Gasteiger partial charge >= 0.3 is 0 Å². The zero-order chi connectivity index (χ0) is 18.9. The van der Waals surface area contributed by atoms with Crippen LogP contribution in [0.5, 0.6) is 0 Å². The molecular formula is C22H28N2O2S. The Morgan fingerprint density at radius 2 is 1.78 bits per heavy atom. The molecule has 3 N–H and O–H groups in total. The maximum absolute atomic E-state index is 12.3. The molecule has 0 bridgehead atoms. The van der Waals surface area contributed by atoms with Crippen LogP contribution in [0.4, 0.5) is 0 Å². The molecule has 27 heavy (non-hydrogen) atoms. The highest BCUT2D eigenvalue weighted by Gasteiger charge is 2.31. The number of hydrogen-bond acceptors (Lipinski definition) is 3. The molecule has 0 spiro atoms. The molecule has 2 aliphatic rings. The van der Waals surface area contributed by atoms with E-state index >= 15 is 0 Å². The molecule has 0 amide bonds. The van der Waals surface area contributed by atoms with Crippen molar-refractivity contribution >= 4 is 10.0 Å². The quantitative estimate of drug-likeness (QED) is 0.803. The van der Waals surface area contributed by atoms with Crippen molar-refractivity contribution in [3.05, 3.63) is 70.8 Å². The summed E-state index contributed by atoms with van der Waals surface area (Å²) < 4.78 is 27.4. The van der Waals surface area contributed by atoms with Crippen molar-refractivity contribution in [3.8, 4) is 0 Å². The number of rotatable bonds is 6. The Kier molecular flexibility index (Phi) is 5.35. The van der Waals surface area contributed by atoms with Crippen LogP contribution >= 0.6 is 0 Å². The average molecular weight is 385 g/mol. The fourth-order valence-corrected chi connectivity index (χ4v) is 5.75. The monoisotopic (exact) mass is 384 g/mol. The second-order valence-corrected chi connectivity index (χ2v) is 10.00. The van der Waals surface area contributed by atoms with Gasteiger partial charge in [-0.05, 0) is 54.4 Å². The fraction of sp³-hybridized carbons (Fsp3) is 0.455. The topological polar surface area (TPSA) is 72.2 Å². The number of hydrogen-bond donors (Lipinski definition) is 2. The van der Waals surface area contributed by atoms with E-state index in [4.69, 9.17) is 5.73 Å². The molecule has 0 unspecified atom stereocenters. The molecule has 2 aromatic rings. The lowest BCUT2D eigenvalue weighted by Crippen LogP contribution is -2.38. The van der Waals surface area contributed by atoms with Crippen LogP contribution in [-0.4, -0.2) is 19.7 Å². The van der Waals surface area contributed by atoms with Crippen molar-refractivity contribution in [2.45, 2.75) is 62.3 Å². The average Bonchev–Trinajstić information content (AvgIpc) is 2.61. The molecule has 0 heterocycles. The number of fused-ring (bicyclic) bond motifs is 1. The van der Waals surface area contributed by atoms with E-state index in [0.717, 1.165) is 44.1 Å². The molecule has 0 radical (unpaired) electrons. The Balaban J connectivity index is 1.53.